The molecule has 3 N–H and O–H groups in total. The molecule has 2 atom stereocenters. The molecule has 0 saturated heterocycles. The highest BCUT2D eigenvalue weighted by Gasteiger charge is 2.31. The van der Waals surface area contributed by atoms with Gasteiger partial charge < -0.3 is 15.7 Å². The molecule has 5 heteroatoms. The summed E-state index contributed by atoms with van der Waals surface area (Å²) in [4.78, 5) is 11.8. The van der Waals surface area contributed by atoms with E-state index < -0.39 is 0 Å². The average molecular weight is 304 g/mol. The van der Waals surface area contributed by atoms with Crippen molar-refractivity contribution in [3.05, 3.63) is 34.9 Å². The largest absolute Gasteiger partial charge is 0.466 e. The van der Waals surface area contributed by atoms with Crippen LogP contribution in [0.25, 0.3) is 0 Å². The highest BCUT2D eigenvalue weighted by atomic mass is 16.5. The van der Waals surface area contributed by atoms with Gasteiger partial charge in [0.1, 0.15) is 0 Å². The minimum absolute atomic E-state index is 0.0519. The molecular formula is C17H24N2O3. The van der Waals surface area contributed by atoms with Crippen molar-refractivity contribution in [3.63, 3.8) is 0 Å². The molecule has 1 fully saturated rings. The zero-order chi connectivity index (χ0) is 16.1. The van der Waals surface area contributed by atoms with Gasteiger partial charge in [-0.1, -0.05) is 17.3 Å². The van der Waals surface area contributed by atoms with Crippen LogP contribution in [0.5, 0.6) is 0 Å². The molecule has 2 rings (SSSR count). The number of amidine groups is 1. The Morgan fingerprint density at radius 2 is 2.23 bits per heavy atom. The minimum atomic E-state index is -0.0519. The van der Waals surface area contributed by atoms with Gasteiger partial charge in [0.2, 0.25) is 0 Å². The number of esters is 1. The second-order valence-electron chi connectivity index (χ2n) is 5.96. The van der Waals surface area contributed by atoms with E-state index in [1.54, 1.807) is 0 Å². The molecule has 1 saturated carbocycles. The van der Waals surface area contributed by atoms with Crippen LogP contribution in [0.4, 0.5) is 0 Å². The first-order valence-electron chi connectivity index (χ1n) is 7.79. The van der Waals surface area contributed by atoms with Gasteiger partial charge in [0.25, 0.3) is 0 Å². The first-order chi connectivity index (χ1) is 10.5. The molecule has 1 aromatic rings. The normalized spacial score (nSPS) is 21.8. The molecule has 1 aliphatic rings. The Morgan fingerprint density at radius 1 is 1.45 bits per heavy atom. The van der Waals surface area contributed by atoms with Crippen LogP contribution >= 0.6 is 0 Å². The van der Waals surface area contributed by atoms with Gasteiger partial charge in [0.15, 0.2) is 5.84 Å². The van der Waals surface area contributed by atoms with E-state index in [1.165, 1.54) is 5.56 Å². The monoisotopic (exact) mass is 304 g/mol. The maximum atomic E-state index is 11.8. The van der Waals surface area contributed by atoms with Crippen molar-refractivity contribution >= 4 is 11.8 Å². The predicted molar refractivity (Wildman–Crippen MR) is 84.9 cm³/mol. The molecule has 0 spiro atoms. The van der Waals surface area contributed by atoms with Gasteiger partial charge >= 0.3 is 5.97 Å². The fraction of sp³-hybridized carbons (Fsp3) is 0.529. The van der Waals surface area contributed by atoms with E-state index in [4.69, 9.17) is 15.7 Å². The number of nitrogens with two attached hydrogens (primary N) is 1. The molecule has 0 amide bonds. The van der Waals surface area contributed by atoms with Crippen molar-refractivity contribution < 1.29 is 14.7 Å². The Hall–Kier alpha value is -2.04. The van der Waals surface area contributed by atoms with Crippen molar-refractivity contribution in [2.75, 3.05) is 6.61 Å². The molecule has 120 valence electrons. The van der Waals surface area contributed by atoms with Gasteiger partial charge in [0.05, 0.1) is 12.5 Å². The summed E-state index contributed by atoms with van der Waals surface area (Å²) in [6, 6.07) is 5.83. The molecule has 0 aromatic heterocycles. The summed E-state index contributed by atoms with van der Waals surface area (Å²) in [6.07, 6.45) is 3.84. The molecule has 1 aliphatic carbocycles. The number of hydrogen-bond donors (Lipinski definition) is 2. The Labute approximate surface area is 131 Å². The van der Waals surface area contributed by atoms with Crippen molar-refractivity contribution in [3.8, 4) is 0 Å². The average Bonchev–Trinajstić information content (AvgIpc) is 2.97. The Kier molecular flexibility index (Phi) is 5.41. The van der Waals surface area contributed by atoms with Crippen LogP contribution in [0.1, 0.15) is 42.9 Å². The van der Waals surface area contributed by atoms with Crippen LogP contribution in [0, 0.1) is 18.8 Å². The van der Waals surface area contributed by atoms with E-state index in [0.29, 0.717) is 12.5 Å². The van der Waals surface area contributed by atoms with E-state index in [-0.39, 0.29) is 17.7 Å². The third-order valence-electron chi connectivity index (χ3n) is 4.42. The smallest absolute Gasteiger partial charge is 0.308 e. The van der Waals surface area contributed by atoms with E-state index >= 15 is 0 Å². The van der Waals surface area contributed by atoms with E-state index in [1.807, 2.05) is 32.0 Å². The Morgan fingerprint density at radius 3 is 2.86 bits per heavy atom. The lowest BCUT2D eigenvalue weighted by Gasteiger charge is -2.13. The highest BCUT2D eigenvalue weighted by Crippen LogP contribution is 2.34. The number of aryl methyl sites for hydroxylation is 1. The lowest BCUT2D eigenvalue weighted by Crippen LogP contribution is -2.15. The molecular weight excluding hydrogens is 280 g/mol. The Bertz CT molecular complexity index is 569. The van der Waals surface area contributed by atoms with Crippen molar-refractivity contribution in [2.45, 2.75) is 39.5 Å². The fourth-order valence-corrected chi connectivity index (χ4v) is 3.19. The van der Waals surface area contributed by atoms with Crippen LogP contribution in [0.3, 0.4) is 0 Å². The number of oxime groups is 1. The SMILES string of the molecule is CCOC(=O)[C@@H]1CC[C@H](Cc2ccc(/C(N)=N/O)cc2C)C1. The van der Waals surface area contributed by atoms with Gasteiger partial charge in [-0.25, -0.2) is 0 Å². The number of benzene rings is 1. The molecule has 22 heavy (non-hydrogen) atoms. The standard InChI is InChI=1S/C17H24N2O3/c1-3-22-17(20)15-5-4-12(10-15)9-13-6-7-14(8-11(13)2)16(18)19-21/h6-8,12,15,21H,3-5,9-10H2,1-2H3,(H2,18,19)/t12-,15-/m1/s1. The summed E-state index contributed by atoms with van der Waals surface area (Å²) >= 11 is 0. The van der Waals surface area contributed by atoms with Gasteiger partial charge in [-0.3, -0.25) is 4.79 Å². The van der Waals surface area contributed by atoms with Crippen LogP contribution < -0.4 is 5.73 Å². The number of carbonyl (C=O) groups is 1. The van der Waals surface area contributed by atoms with Gasteiger partial charge in [0, 0.05) is 5.56 Å². The van der Waals surface area contributed by atoms with E-state index in [9.17, 15) is 4.79 Å². The second-order valence-corrected chi connectivity index (χ2v) is 5.96. The lowest BCUT2D eigenvalue weighted by atomic mass is 9.93. The van der Waals surface area contributed by atoms with Gasteiger partial charge in [-0.2, -0.15) is 0 Å². The van der Waals surface area contributed by atoms with Crippen molar-refractivity contribution in [1.29, 1.82) is 0 Å². The lowest BCUT2D eigenvalue weighted by molar-refractivity contribution is -0.147. The van der Waals surface area contributed by atoms with Gasteiger partial charge in [-0.05, 0) is 62.6 Å². The van der Waals surface area contributed by atoms with E-state index in [2.05, 4.69) is 5.16 Å². The summed E-state index contributed by atoms with van der Waals surface area (Å²) in [6.45, 7) is 4.33. The van der Waals surface area contributed by atoms with E-state index in [0.717, 1.165) is 36.8 Å². The van der Waals surface area contributed by atoms with Crippen LogP contribution in [-0.4, -0.2) is 23.6 Å². The number of hydrogen-bond acceptors (Lipinski definition) is 4. The highest BCUT2D eigenvalue weighted by molar-refractivity contribution is 5.97. The number of carbonyl (C=O) groups excluding carboxylic acids is 1. The summed E-state index contributed by atoms with van der Waals surface area (Å²) in [5, 5.41) is 11.7. The third kappa shape index (κ3) is 3.78. The Balaban J connectivity index is 1.99. The number of rotatable bonds is 5. The zero-order valence-corrected chi connectivity index (χ0v) is 13.2. The first kappa shape index (κ1) is 16.3. The van der Waals surface area contributed by atoms with Gasteiger partial charge in [-0.15, -0.1) is 0 Å². The maximum absolute atomic E-state index is 11.8. The topological polar surface area (TPSA) is 84.9 Å². The quantitative estimate of drug-likeness (QED) is 0.288. The summed E-state index contributed by atoms with van der Waals surface area (Å²) in [7, 11) is 0. The summed E-state index contributed by atoms with van der Waals surface area (Å²) in [5.41, 5.74) is 8.71. The molecule has 0 aliphatic heterocycles. The van der Waals surface area contributed by atoms with Crippen LogP contribution in [0.15, 0.2) is 23.4 Å². The number of ether oxygens (including phenoxy) is 1. The van der Waals surface area contributed by atoms with Crippen LogP contribution in [0.2, 0.25) is 0 Å². The van der Waals surface area contributed by atoms with Crippen LogP contribution in [-0.2, 0) is 16.0 Å². The summed E-state index contributed by atoms with van der Waals surface area (Å²) in [5.74, 6) is 0.645. The molecule has 0 heterocycles. The minimum Gasteiger partial charge on any atom is -0.466 e. The molecule has 1 aromatic carbocycles. The molecule has 0 bridgehead atoms. The van der Waals surface area contributed by atoms with Crippen molar-refractivity contribution in [2.24, 2.45) is 22.7 Å². The molecule has 0 unspecified atom stereocenters. The third-order valence-corrected chi connectivity index (χ3v) is 4.42. The first-order valence-corrected chi connectivity index (χ1v) is 7.79. The summed E-state index contributed by atoms with van der Waals surface area (Å²) < 4.78 is 5.11. The predicted octanol–water partition coefficient (Wildman–Crippen LogP) is 2.61. The number of nitrogens with zero attached hydrogens (tertiary/aromatic N) is 1. The second kappa shape index (κ2) is 7.29. The fourth-order valence-electron chi connectivity index (χ4n) is 3.19. The molecule has 0 radical (unpaired) electrons. The van der Waals surface area contributed by atoms with Crippen molar-refractivity contribution in [1.82, 2.24) is 0 Å². The zero-order valence-electron chi connectivity index (χ0n) is 13.2. The maximum Gasteiger partial charge on any atom is 0.308 e. The molecule has 5 nitrogen and oxygen atoms in total.